The molecule has 15 heavy (non-hydrogen) atoms. The molecule has 0 saturated carbocycles. The Kier molecular flexibility index (Phi) is 2.18. The molecule has 0 aliphatic rings. The van der Waals surface area contributed by atoms with E-state index in [1.54, 1.807) is 0 Å². The van der Waals surface area contributed by atoms with Crippen LogP contribution in [-0.2, 0) is 6.18 Å². The van der Waals surface area contributed by atoms with Crippen LogP contribution < -0.4 is 0 Å². The summed E-state index contributed by atoms with van der Waals surface area (Å²) in [6, 6.07) is 2.24. The highest BCUT2D eigenvalue weighted by Crippen LogP contribution is 2.32. The second kappa shape index (κ2) is 3.38. The highest BCUT2D eigenvalue weighted by atomic mass is 19.4. The number of imidazole rings is 1. The summed E-state index contributed by atoms with van der Waals surface area (Å²) in [5, 5.41) is 0. The Hall–Kier alpha value is -1.85. The zero-order valence-corrected chi connectivity index (χ0v) is 7.44. The summed E-state index contributed by atoms with van der Waals surface area (Å²) in [6.07, 6.45) is 0.989. The lowest BCUT2D eigenvalue weighted by Crippen LogP contribution is -2.11. The van der Waals surface area contributed by atoms with Gasteiger partial charge in [0.1, 0.15) is 12.1 Å². The Morgan fingerprint density at radius 1 is 1.20 bits per heavy atom. The number of hydrogen-bond donors (Lipinski definition) is 0. The Morgan fingerprint density at radius 2 is 2.00 bits per heavy atom. The Balaban J connectivity index is 2.58. The number of nitrogens with zero attached hydrogens (tertiary/aromatic N) is 3. The molecule has 0 radical (unpaired) electrons. The first-order valence-electron chi connectivity index (χ1n) is 4.09. The lowest BCUT2D eigenvalue weighted by Gasteiger charge is -2.11. The van der Waals surface area contributed by atoms with Gasteiger partial charge in [-0.2, -0.15) is 13.2 Å². The van der Waals surface area contributed by atoms with Crippen LogP contribution in [0.25, 0.3) is 5.82 Å². The third-order valence-corrected chi connectivity index (χ3v) is 1.84. The maximum absolute atomic E-state index is 12.6. The van der Waals surface area contributed by atoms with Crippen LogP contribution in [0.5, 0.6) is 0 Å². The predicted molar refractivity (Wildman–Crippen MR) is 46.4 cm³/mol. The van der Waals surface area contributed by atoms with Gasteiger partial charge in [0.05, 0.1) is 5.56 Å². The molecule has 2 rings (SSSR count). The molecule has 0 unspecified atom stereocenters. The highest BCUT2D eigenvalue weighted by molar-refractivity contribution is 5.35. The molecular weight excluding hydrogens is 207 g/mol. The van der Waals surface area contributed by atoms with Crippen molar-refractivity contribution in [2.24, 2.45) is 0 Å². The van der Waals surface area contributed by atoms with Crippen molar-refractivity contribution < 1.29 is 13.2 Å². The third-order valence-electron chi connectivity index (χ3n) is 1.84. The van der Waals surface area contributed by atoms with Gasteiger partial charge in [-0.25, -0.2) is 9.97 Å². The van der Waals surface area contributed by atoms with Crippen LogP contribution in [0.15, 0.2) is 37.1 Å². The zero-order valence-electron chi connectivity index (χ0n) is 7.44. The fourth-order valence-electron chi connectivity index (χ4n) is 1.21. The molecule has 0 saturated heterocycles. The average molecular weight is 213 g/mol. The molecule has 2 heterocycles. The molecule has 0 aromatic carbocycles. The van der Waals surface area contributed by atoms with Crippen molar-refractivity contribution in [3.05, 3.63) is 42.6 Å². The molecule has 0 fully saturated rings. The smallest absolute Gasteiger partial charge is 0.290 e. The first kappa shape index (κ1) is 9.70. The third kappa shape index (κ3) is 1.83. The quantitative estimate of drug-likeness (QED) is 0.727. The predicted octanol–water partition coefficient (Wildman–Crippen LogP) is 2.29. The van der Waals surface area contributed by atoms with E-state index >= 15 is 0 Å². The van der Waals surface area contributed by atoms with E-state index in [-0.39, 0.29) is 5.82 Å². The van der Waals surface area contributed by atoms with Gasteiger partial charge in [0, 0.05) is 18.6 Å². The molecule has 2 aromatic rings. The standard InChI is InChI=1S/C9H6F3N3/c10-9(11,12)7-2-1-3-14-8(7)15-5-4-13-6-15/h1-6H. The Labute approximate surface area is 83.2 Å². The van der Waals surface area contributed by atoms with Crippen molar-refractivity contribution in [2.45, 2.75) is 6.18 Å². The first-order valence-corrected chi connectivity index (χ1v) is 4.09. The summed E-state index contributed by atoms with van der Waals surface area (Å²) in [4.78, 5) is 7.37. The molecule has 0 amide bonds. The lowest BCUT2D eigenvalue weighted by atomic mass is 10.2. The van der Waals surface area contributed by atoms with Crippen LogP contribution in [0, 0.1) is 0 Å². The molecule has 0 aliphatic carbocycles. The second-order valence-electron chi connectivity index (χ2n) is 2.84. The van der Waals surface area contributed by atoms with E-state index in [1.165, 1.54) is 35.6 Å². The summed E-state index contributed by atoms with van der Waals surface area (Å²) in [6.45, 7) is 0. The van der Waals surface area contributed by atoms with Crippen LogP contribution >= 0.6 is 0 Å². The van der Waals surface area contributed by atoms with E-state index in [4.69, 9.17) is 0 Å². The zero-order chi connectivity index (χ0) is 10.9. The second-order valence-corrected chi connectivity index (χ2v) is 2.84. The van der Waals surface area contributed by atoms with Crippen molar-refractivity contribution >= 4 is 0 Å². The van der Waals surface area contributed by atoms with Crippen LogP contribution in [0.4, 0.5) is 13.2 Å². The summed E-state index contributed by atoms with van der Waals surface area (Å²) in [7, 11) is 0. The molecule has 0 spiro atoms. The monoisotopic (exact) mass is 213 g/mol. The summed E-state index contributed by atoms with van der Waals surface area (Å²) in [5.74, 6) is -0.164. The number of hydrogen-bond acceptors (Lipinski definition) is 2. The molecule has 0 aliphatic heterocycles. The number of rotatable bonds is 1. The van der Waals surface area contributed by atoms with E-state index in [9.17, 15) is 13.2 Å². The molecule has 6 heteroatoms. The maximum atomic E-state index is 12.6. The highest BCUT2D eigenvalue weighted by Gasteiger charge is 2.34. The largest absolute Gasteiger partial charge is 0.419 e. The lowest BCUT2D eigenvalue weighted by molar-refractivity contribution is -0.137. The molecular formula is C9H6F3N3. The molecule has 0 atom stereocenters. The van der Waals surface area contributed by atoms with Gasteiger partial charge in [0.15, 0.2) is 0 Å². The van der Waals surface area contributed by atoms with Gasteiger partial charge in [-0.05, 0) is 12.1 Å². The van der Waals surface area contributed by atoms with Crippen molar-refractivity contribution in [2.75, 3.05) is 0 Å². The number of pyridine rings is 1. The van der Waals surface area contributed by atoms with E-state index in [1.807, 2.05) is 0 Å². The van der Waals surface area contributed by atoms with E-state index in [2.05, 4.69) is 9.97 Å². The SMILES string of the molecule is FC(F)(F)c1cccnc1-n1ccnc1. The molecule has 3 nitrogen and oxygen atoms in total. The van der Waals surface area contributed by atoms with Crippen LogP contribution in [0.3, 0.4) is 0 Å². The van der Waals surface area contributed by atoms with Crippen LogP contribution in [0.2, 0.25) is 0 Å². The van der Waals surface area contributed by atoms with Gasteiger partial charge in [0.25, 0.3) is 0 Å². The summed E-state index contributed by atoms with van der Waals surface area (Å²) < 4.78 is 38.9. The minimum atomic E-state index is -4.41. The van der Waals surface area contributed by atoms with Gasteiger partial charge in [-0.15, -0.1) is 0 Å². The topological polar surface area (TPSA) is 30.7 Å². The minimum Gasteiger partial charge on any atom is -0.290 e. The first-order chi connectivity index (χ1) is 7.09. The number of aromatic nitrogens is 3. The van der Waals surface area contributed by atoms with Gasteiger partial charge >= 0.3 is 6.18 Å². The van der Waals surface area contributed by atoms with Crippen molar-refractivity contribution in [1.29, 1.82) is 0 Å². The number of halogens is 3. The molecule has 0 N–H and O–H groups in total. The van der Waals surface area contributed by atoms with E-state index in [0.717, 1.165) is 6.07 Å². The van der Waals surface area contributed by atoms with Crippen molar-refractivity contribution in [3.8, 4) is 5.82 Å². The Bertz CT molecular complexity index is 448. The van der Waals surface area contributed by atoms with Gasteiger partial charge in [-0.1, -0.05) is 0 Å². The normalized spacial score (nSPS) is 11.7. The fraction of sp³-hybridized carbons (Fsp3) is 0.111. The van der Waals surface area contributed by atoms with E-state index < -0.39 is 11.7 Å². The summed E-state index contributed by atoms with van der Waals surface area (Å²) >= 11 is 0. The van der Waals surface area contributed by atoms with Crippen molar-refractivity contribution in [3.63, 3.8) is 0 Å². The fourth-order valence-corrected chi connectivity index (χ4v) is 1.21. The van der Waals surface area contributed by atoms with Crippen molar-refractivity contribution in [1.82, 2.24) is 14.5 Å². The van der Waals surface area contributed by atoms with Gasteiger partial charge in [0.2, 0.25) is 0 Å². The van der Waals surface area contributed by atoms with E-state index in [0.29, 0.717) is 0 Å². The molecule has 2 aromatic heterocycles. The summed E-state index contributed by atoms with van der Waals surface area (Å²) in [5.41, 5.74) is -0.775. The van der Waals surface area contributed by atoms with Gasteiger partial charge in [-0.3, -0.25) is 4.57 Å². The Morgan fingerprint density at radius 3 is 2.60 bits per heavy atom. The number of alkyl halides is 3. The minimum absolute atomic E-state index is 0.164. The van der Waals surface area contributed by atoms with Crippen LogP contribution in [-0.4, -0.2) is 14.5 Å². The maximum Gasteiger partial charge on any atom is 0.419 e. The van der Waals surface area contributed by atoms with Crippen LogP contribution in [0.1, 0.15) is 5.56 Å². The molecule has 0 bridgehead atoms. The van der Waals surface area contributed by atoms with Gasteiger partial charge < -0.3 is 0 Å². The molecule has 78 valence electrons. The average Bonchev–Trinajstić information content (AvgIpc) is 2.69.